The lowest BCUT2D eigenvalue weighted by molar-refractivity contribution is 0.203. The third-order valence-corrected chi connectivity index (χ3v) is 4.36. The van der Waals surface area contributed by atoms with E-state index in [0.717, 1.165) is 5.96 Å². The van der Waals surface area contributed by atoms with Gasteiger partial charge in [0.2, 0.25) is 0 Å². The van der Waals surface area contributed by atoms with Crippen LogP contribution in [0.25, 0.3) is 11.1 Å². The highest BCUT2D eigenvalue weighted by molar-refractivity contribution is 5.80. The number of ether oxygens (including phenoxy) is 1. The number of hydrogen-bond acceptors (Lipinski definition) is 4. The minimum absolute atomic E-state index is 0.637. The summed E-state index contributed by atoms with van der Waals surface area (Å²) in [4.78, 5) is 8.23. The molecule has 0 atom stereocenters. The molecule has 2 N–H and O–H groups in total. The summed E-state index contributed by atoms with van der Waals surface area (Å²) in [6.45, 7) is 2.75. The van der Waals surface area contributed by atoms with Crippen LogP contribution < -0.4 is 10.6 Å². The molecule has 0 saturated heterocycles. The molecule has 0 aliphatic carbocycles. The quantitative estimate of drug-likeness (QED) is 0.357. The molecule has 28 heavy (non-hydrogen) atoms. The Hall–Kier alpha value is -3.19. The van der Waals surface area contributed by atoms with Crippen LogP contribution in [0.1, 0.15) is 11.1 Å². The second kappa shape index (κ2) is 10.2. The average Bonchev–Trinajstić information content (AvgIpc) is 3.24. The van der Waals surface area contributed by atoms with E-state index in [1.807, 2.05) is 4.68 Å². The molecule has 0 fully saturated rings. The number of aliphatic imine (C=N–C) groups is 1. The van der Waals surface area contributed by atoms with Gasteiger partial charge in [-0.05, 0) is 22.3 Å². The lowest BCUT2D eigenvalue weighted by atomic mass is 9.98. The first-order valence-corrected chi connectivity index (χ1v) is 9.23. The van der Waals surface area contributed by atoms with Gasteiger partial charge >= 0.3 is 0 Å². The van der Waals surface area contributed by atoms with E-state index in [-0.39, 0.29) is 0 Å². The molecule has 0 unspecified atom stereocenters. The van der Waals surface area contributed by atoms with Crippen LogP contribution in [-0.4, -0.2) is 48.0 Å². The normalized spacial score (nSPS) is 11.4. The number of benzene rings is 2. The predicted molar refractivity (Wildman–Crippen MR) is 111 cm³/mol. The molecule has 3 rings (SSSR count). The van der Waals surface area contributed by atoms with Gasteiger partial charge in [-0.15, -0.1) is 0 Å². The maximum atomic E-state index is 5.06. The summed E-state index contributed by atoms with van der Waals surface area (Å²) in [5.74, 6) is 0.759. The van der Waals surface area contributed by atoms with E-state index in [9.17, 15) is 0 Å². The Labute approximate surface area is 165 Å². The summed E-state index contributed by atoms with van der Waals surface area (Å²) in [7, 11) is 3.45. The van der Waals surface area contributed by atoms with Crippen molar-refractivity contribution in [2.24, 2.45) is 4.99 Å². The van der Waals surface area contributed by atoms with Crippen LogP contribution in [0, 0.1) is 0 Å². The SMILES string of the molecule is CN=C(NCCOC)NCc1ccccc1-c1ccc(Cn2cncn2)cc1. The maximum Gasteiger partial charge on any atom is 0.191 e. The largest absolute Gasteiger partial charge is 0.383 e. The van der Waals surface area contributed by atoms with Crippen LogP contribution in [-0.2, 0) is 17.8 Å². The number of nitrogens with one attached hydrogen (secondary N) is 2. The van der Waals surface area contributed by atoms with E-state index in [1.165, 1.54) is 22.3 Å². The van der Waals surface area contributed by atoms with Crippen molar-refractivity contribution in [3.63, 3.8) is 0 Å². The van der Waals surface area contributed by atoms with Crippen molar-refractivity contribution in [3.05, 3.63) is 72.3 Å². The van der Waals surface area contributed by atoms with E-state index >= 15 is 0 Å². The van der Waals surface area contributed by atoms with Gasteiger partial charge in [0.15, 0.2) is 5.96 Å². The predicted octanol–water partition coefficient (Wildman–Crippen LogP) is 2.30. The summed E-state index contributed by atoms with van der Waals surface area (Å²) in [6, 6.07) is 17.0. The van der Waals surface area contributed by atoms with Gasteiger partial charge < -0.3 is 15.4 Å². The number of nitrogens with zero attached hydrogens (tertiary/aromatic N) is 4. The van der Waals surface area contributed by atoms with Gasteiger partial charge in [0.05, 0.1) is 13.2 Å². The van der Waals surface area contributed by atoms with Gasteiger partial charge in [-0.1, -0.05) is 48.5 Å². The summed E-state index contributed by atoms with van der Waals surface area (Å²) in [6.07, 6.45) is 3.28. The average molecular weight is 378 g/mol. The van der Waals surface area contributed by atoms with Gasteiger partial charge in [0.25, 0.3) is 0 Å². The third-order valence-electron chi connectivity index (χ3n) is 4.36. The Morgan fingerprint density at radius 3 is 2.64 bits per heavy atom. The molecule has 0 bridgehead atoms. The van der Waals surface area contributed by atoms with E-state index in [0.29, 0.717) is 26.2 Å². The summed E-state index contributed by atoms with van der Waals surface area (Å²) < 4.78 is 6.88. The van der Waals surface area contributed by atoms with Gasteiger partial charge in [0.1, 0.15) is 12.7 Å². The third kappa shape index (κ3) is 5.40. The van der Waals surface area contributed by atoms with Crippen molar-refractivity contribution in [2.75, 3.05) is 27.3 Å². The smallest absolute Gasteiger partial charge is 0.191 e. The van der Waals surface area contributed by atoms with Crippen molar-refractivity contribution in [2.45, 2.75) is 13.1 Å². The molecular formula is C21H26N6O. The molecule has 3 aromatic rings. The molecule has 0 saturated carbocycles. The monoisotopic (exact) mass is 378 g/mol. The van der Waals surface area contributed by atoms with Gasteiger partial charge in [0, 0.05) is 27.2 Å². The van der Waals surface area contributed by atoms with Crippen LogP contribution >= 0.6 is 0 Å². The van der Waals surface area contributed by atoms with Gasteiger partial charge in [-0.3, -0.25) is 4.99 Å². The Morgan fingerprint density at radius 1 is 1.11 bits per heavy atom. The fraction of sp³-hybridized carbons (Fsp3) is 0.286. The van der Waals surface area contributed by atoms with Crippen molar-refractivity contribution in [1.82, 2.24) is 25.4 Å². The zero-order valence-electron chi connectivity index (χ0n) is 16.3. The van der Waals surface area contributed by atoms with Crippen LogP contribution in [0.5, 0.6) is 0 Å². The molecule has 7 nitrogen and oxygen atoms in total. The minimum Gasteiger partial charge on any atom is -0.383 e. The standard InChI is InChI=1S/C21H26N6O/c1-22-21(24-11-12-28-2)25-13-19-5-3-4-6-20(19)18-9-7-17(8-10-18)14-27-16-23-15-26-27/h3-10,15-16H,11-14H2,1-2H3,(H2,22,24,25). The number of aromatic nitrogens is 3. The Kier molecular flexibility index (Phi) is 7.14. The summed E-state index contributed by atoms with van der Waals surface area (Å²) >= 11 is 0. The fourth-order valence-electron chi connectivity index (χ4n) is 2.92. The molecule has 7 heteroatoms. The highest BCUT2D eigenvalue weighted by Gasteiger charge is 2.06. The van der Waals surface area contributed by atoms with E-state index in [1.54, 1.807) is 26.8 Å². The van der Waals surface area contributed by atoms with Crippen LogP contribution in [0.15, 0.2) is 66.2 Å². The zero-order chi connectivity index (χ0) is 19.6. The molecule has 1 heterocycles. The molecule has 0 aliphatic rings. The molecule has 0 radical (unpaired) electrons. The van der Waals surface area contributed by atoms with Crippen LogP contribution in [0.4, 0.5) is 0 Å². The van der Waals surface area contributed by atoms with Crippen LogP contribution in [0.2, 0.25) is 0 Å². The van der Waals surface area contributed by atoms with Gasteiger partial charge in [-0.2, -0.15) is 5.10 Å². The van der Waals surface area contributed by atoms with Crippen molar-refractivity contribution < 1.29 is 4.74 Å². The Balaban J connectivity index is 1.67. The maximum absolute atomic E-state index is 5.06. The van der Waals surface area contributed by atoms with E-state index in [2.05, 4.69) is 74.2 Å². The zero-order valence-corrected chi connectivity index (χ0v) is 16.3. The highest BCUT2D eigenvalue weighted by Crippen LogP contribution is 2.24. The number of methoxy groups -OCH3 is 1. The molecule has 1 aromatic heterocycles. The summed E-state index contributed by atoms with van der Waals surface area (Å²) in [5, 5.41) is 10.7. The van der Waals surface area contributed by atoms with E-state index < -0.39 is 0 Å². The molecule has 0 amide bonds. The molecular weight excluding hydrogens is 352 g/mol. The van der Waals surface area contributed by atoms with Crippen LogP contribution in [0.3, 0.4) is 0 Å². The second-order valence-electron chi connectivity index (χ2n) is 6.29. The number of hydrogen-bond donors (Lipinski definition) is 2. The molecule has 0 aliphatic heterocycles. The first-order valence-electron chi connectivity index (χ1n) is 9.23. The second-order valence-corrected chi connectivity index (χ2v) is 6.29. The first kappa shape index (κ1) is 19.6. The van der Waals surface area contributed by atoms with Crippen molar-refractivity contribution in [3.8, 4) is 11.1 Å². The lowest BCUT2D eigenvalue weighted by Crippen LogP contribution is -2.38. The molecule has 0 spiro atoms. The number of guanidine groups is 1. The molecule has 2 aromatic carbocycles. The highest BCUT2D eigenvalue weighted by atomic mass is 16.5. The molecule has 146 valence electrons. The van der Waals surface area contributed by atoms with Crippen molar-refractivity contribution >= 4 is 5.96 Å². The Bertz CT molecular complexity index is 874. The number of rotatable bonds is 8. The summed E-state index contributed by atoms with van der Waals surface area (Å²) in [5.41, 5.74) is 4.78. The topological polar surface area (TPSA) is 76.4 Å². The Morgan fingerprint density at radius 2 is 1.93 bits per heavy atom. The minimum atomic E-state index is 0.637. The van der Waals surface area contributed by atoms with E-state index in [4.69, 9.17) is 4.74 Å². The van der Waals surface area contributed by atoms with Gasteiger partial charge in [-0.25, -0.2) is 9.67 Å². The fourth-order valence-corrected chi connectivity index (χ4v) is 2.92. The first-order chi connectivity index (χ1) is 13.8. The van der Waals surface area contributed by atoms with Crippen molar-refractivity contribution in [1.29, 1.82) is 0 Å². The lowest BCUT2D eigenvalue weighted by Gasteiger charge is -2.14.